The molecule has 0 aromatic heterocycles. The summed E-state index contributed by atoms with van der Waals surface area (Å²) < 4.78 is 2.39. The Morgan fingerprint density at radius 2 is 1.76 bits per heavy atom. The van der Waals surface area contributed by atoms with Crippen molar-refractivity contribution in [3.63, 3.8) is 0 Å². The first kappa shape index (κ1) is 14.4. The lowest BCUT2D eigenvalue weighted by molar-refractivity contribution is -1.01. The fourth-order valence-corrected chi connectivity index (χ4v) is 2.19. The third-order valence-corrected chi connectivity index (χ3v) is 3.88. The number of quaternary nitrogens is 2. The van der Waals surface area contributed by atoms with Crippen molar-refractivity contribution in [1.82, 2.24) is 5.32 Å². The van der Waals surface area contributed by atoms with Gasteiger partial charge in [-0.1, -0.05) is 0 Å². The van der Waals surface area contributed by atoms with Crippen LogP contribution in [0, 0.1) is 0 Å². The van der Waals surface area contributed by atoms with Crippen LogP contribution in [0.4, 0.5) is 0 Å². The summed E-state index contributed by atoms with van der Waals surface area (Å²) in [6.07, 6.45) is 1.50. The number of rotatable bonds is 6. The molecule has 100 valence electrons. The first-order chi connectivity index (χ1) is 7.97. The normalized spacial score (nSPS) is 23.0. The fourth-order valence-electron chi connectivity index (χ4n) is 2.19. The zero-order valence-corrected chi connectivity index (χ0v) is 11.7. The molecule has 0 aliphatic carbocycles. The highest BCUT2D eigenvalue weighted by molar-refractivity contribution is 5.42. The van der Waals surface area contributed by atoms with Crippen molar-refractivity contribution in [3.8, 4) is 0 Å². The molecule has 0 aromatic rings. The summed E-state index contributed by atoms with van der Waals surface area (Å²) in [5, 5.41) is 3.45. The summed E-state index contributed by atoms with van der Waals surface area (Å²) in [5.41, 5.74) is 5.24. The monoisotopic (exact) mass is 244 g/mol. The van der Waals surface area contributed by atoms with E-state index in [4.69, 9.17) is 5.73 Å². The van der Waals surface area contributed by atoms with Gasteiger partial charge in [-0.05, 0) is 0 Å². The Hall–Kier alpha value is -0.650. The number of nitrogens with one attached hydrogen (secondary N) is 2. The Balaban J connectivity index is 2.14. The van der Waals surface area contributed by atoms with Crippen molar-refractivity contribution >= 4 is 6.34 Å². The number of hydrogen-bond donors (Lipinski definition) is 3. The van der Waals surface area contributed by atoms with Gasteiger partial charge in [0.2, 0.25) is 6.34 Å². The quantitative estimate of drug-likeness (QED) is 0.204. The molecule has 1 heterocycles. The minimum Gasteiger partial charge on any atom is -0.319 e. The van der Waals surface area contributed by atoms with Gasteiger partial charge >= 0.3 is 0 Å². The van der Waals surface area contributed by atoms with Crippen molar-refractivity contribution in [3.05, 3.63) is 0 Å². The summed E-state index contributed by atoms with van der Waals surface area (Å²) in [6, 6.07) is 0. The molecule has 1 aliphatic rings. The second kappa shape index (κ2) is 6.33. The van der Waals surface area contributed by atoms with E-state index in [1.165, 1.54) is 48.0 Å². The molecular weight excluding hydrogens is 214 g/mol. The van der Waals surface area contributed by atoms with Crippen molar-refractivity contribution in [2.45, 2.75) is 0 Å². The van der Waals surface area contributed by atoms with Crippen molar-refractivity contribution in [2.24, 2.45) is 5.73 Å². The molecule has 0 spiro atoms. The van der Waals surface area contributed by atoms with E-state index >= 15 is 0 Å². The van der Waals surface area contributed by atoms with Crippen LogP contribution < -0.4 is 16.0 Å². The molecule has 1 rings (SSSR count). The Morgan fingerprint density at radius 1 is 1.12 bits per heavy atom. The van der Waals surface area contributed by atoms with Crippen LogP contribution in [0.1, 0.15) is 0 Å². The van der Waals surface area contributed by atoms with E-state index in [1.54, 1.807) is 0 Å². The zero-order chi connectivity index (χ0) is 12.8. The Kier molecular flexibility index (Phi) is 5.36. The topological polar surface area (TPSA) is 52.0 Å². The molecule has 5 heteroatoms. The summed E-state index contributed by atoms with van der Waals surface area (Å²) >= 11 is 0. The predicted octanol–water partition coefficient (Wildman–Crippen LogP) is -2.82. The average molecular weight is 244 g/mol. The van der Waals surface area contributed by atoms with Gasteiger partial charge in [0, 0.05) is 13.1 Å². The Bertz CT molecular complexity index is 239. The third-order valence-electron chi connectivity index (χ3n) is 3.88. The maximum absolute atomic E-state index is 5.24. The van der Waals surface area contributed by atoms with Crippen molar-refractivity contribution < 1.29 is 14.0 Å². The first-order valence-electron chi connectivity index (χ1n) is 6.61. The summed E-state index contributed by atoms with van der Waals surface area (Å²) in [6.45, 7) is 9.38. The molecule has 0 saturated carbocycles. The largest absolute Gasteiger partial charge is 0.319 e. The van der Waals surface area contributed by atoms with Crippen LogP contribution in [-0.2, 0) is 0 Å². The van der Waals surface area contributed by atoms with E-state index < -0.39 is 0 Å². The molecular formula is C12H30N5+3. The predicted molar refractivity (Wildman–Crippen MR) is 71.6 cm³/mol. The maximum Gasteiger partial charge on any atom is 0.227 e. The summed E-state index contributed by atoms with van der Waals surface area (Å²) in [7, 11) is 7.04. The first-order valence-corrected chi connectivity index (χ1v) is 6.61. The second-order valence-corrected chi connectivity index (χ2v) is 6.04. The molecule has 0 atom stereocenters. The molecule has 1 fully saturated rings. The van der Waals surface area contributed by atoms with Gasteiger partial charge < -0.3 is 14.3 Å². The molecule has 0 aromatic carbocycles. The van der Waals surface area contributed by atoms with Gasteiger partial charge in [0.15, 0.2) is 0 Å². The minimum absolute atomic E-state index is 0.907. The maximum atomic E-state index is 5.24. The zero-order valence-electron chi connectivity index (χ0n) is 11.7. The lowest BCUT2D eigenvalue weighted by atomic mass is 10.2. The van der Waals surface area contributed by atoms with E-state index in [1.807, 2.05) is 0 Å². The van der Waals surface area contributed by atoms with Gasteiger partial charge in [0.1, 0.15) is 26.2 Å². The van der Waals surface area contributed by atoms with E-state index in [-0.39, 0.29) is 0 Å². The van der Waals surface area contributed by atoms with Crippen molar-refractivity contribution in [1.29, 1.82) is 0 Å². The van der Waals surface area contributed by atoms with Gasteiger partial charge in [-0.15, -0.1) is 0 Å². The third kappa shape index (κ3) is 5.48. The molecule has 4 N–H and O–H groups in total. The molecule has 17 heavy (non-hydrogen) atoms. The second-order valence-electron chi connectivity index (χ2n) is 6.04. The van der Waals surface area contributed by atoms with Gasteiger partial charge in [0.05, 0.1) is 34.2 Å². The Labute approximate surface area is 105 Å². The van der Waals surface area contributed by atoms with Crippen LogP contribution >= 0.6 is 0 Å². The standard InChI is InChI=1S/C12H29N5/c1-16(2)8-10-17(3,11-9-16)7-6-14-4-5-15-12-13/h12,14H,4-11H2,1-3H3,(H2,13,15)/q+2/p+1. The number of piperazine rings is 1. The van der Waals surface area contributed by atoms with Crippen LogP contribution in [0.25, 0.3) is 0 Å². The highest BCUT2D eigenvalue weighted by atomic mass is 15.4. The van der Waals surface area contributed by atoms with E-state index in [9.17, 15) is 0 Å². The average Bonchev–Trinajstić information content (AvgIpc) is 2.28. The van der Waals surface area contributed by atoms with E-state index in [2.05, 4.69) is 31.5 Å². The van der Waals surface area contributed by atoms with Gasteiger partial charge in [-0.2, -0.15) is 0 Å². The van der Waals surface area contributed by atoms with Crippen LogP contribution in [0.3, 0.4) is 0 Å². The SMILES string of the molecule is C[N+]1(C)CC[N+](C)(CCNCC[NH+]=CN)CC1. The number of nitrogens with zero attached hydrogens (tertiary/aromatic N) is 2. The number of hydrogen-bond acceptors (Lipinski definition) is 1. The lowest BCUT2D eigenvalue weighted by Gasteiger charge is -2.44. The smallest absolute Gasteiger partial charge is 0.227 e. The molecule has 5 nitrogen and oxygen atoms in total. The fraction of sp³-hybridized carbons (Fsp3) is 0.917. The van der Waals surface area contributed by atoms with Crippen LogP contribution in [0.15, 0.2) is 0 Å². The summed E-state index contributed by atoms with van der Waals surface area (Å²) in [4.78, 5) is 2.99. The van der Waals surface area contributed by atoms with E-state index in [0.717, 1.165) is 19.6 Å². The summed E-state index contributed by atoms with van der Waals surface area (Å²) in [5.74, 6) is 0. The van der Waals surface area contributed by atoms with Crippen LogP contribution in [-0.4, -0.2) is 88.8 Å². The van der Waals surface area contributed by atoms with Gasteiger partial charge in [-0.25, -0.2) is 0 Å². The molecule has 0 bridgehead atoms. The van der Waals surface area contributed by atoms with Crippen molar-refractivity contribution in [2.75, 3.05) is 73.5 Å². The van der Waals surface area contributed by atoms with E-state index in [0.29, 0.717) is 0 Å². The molecule has 1 saturated heterocycles. The Morgan fingerprint density at radius 3 is 2.35 bits per heavy atom. The molecule has 1 aliphatic heterocycles. The highest BCUT2D eigenvalue weighted by Crippen LogP contribution is 2.12. The van der Waals surface area contributed by atoms with Gasteiger partial charge in [0.25, 0.3) is 0 Å². The number of nitrogens with two attached hydrogens (primary N) is 1. The molecule has 0 unspecified atom stereocenters. The molecule has 0 radical (unpaired) electrons. The minimum atomic E-state index is 0.907. The van der Waals surface area contributed by atoms with Gasteiger partial charge in [-0.3, -0.25) is 10.7 Å². The lowest BCUT2D eigenvalue weighted by Crippen LogP contribution is -2.72. The number of likely N-dealkylation sites (N-methyl/N-ethyl adjacent to an activating group) is 2. The van der Waals surface area contributed by atoms with Crippen LogP contribution in [0.5, 0.6) is 0 Å². The van der Waals surface area contributed by atoms with Crippen LogP contribution in [0.2, 0.25) is 0 Å². The highest BCUT2D eigenvalue weighted by Gasteiger charge is 2.33. The molecule has 0 amide bonds.